The minimum atomic E-state index is -0.106. The highest BCUT2D eigenvalue weighted by atomic mass is 16.3. The topological polar surface area (TPSA) is 32.8 Å². The Morgan fingerprint density at radius 3 is 1.28 bits per heavy atom. The van der Waals surface area contributed by atoms with Crippen LogP contribution in [-0.4, -0.2) is 0 Å². The van der Waals surface area contributed by atoms with Crippen molar-refractivity contribution < 1.29 is 8.83 Å². The Hall–Kier alpha value is -7.56. The van der Waals surface area contributed by atoms with Gasteiger partial charge in [0, 0.05) is 60.2 Å². The van der Waals surface area contributed by atoms with Crippen molar-refractivity contribution in [1.29, 1.82) is 0 Å². The number of rotatable bonds is 8. The number of furan rings is 2. The summed E-state index contributed by atoms with van der Waals surface area (Å²) in [7, 11) is 0. The lowest BCUT2D eigenvalue weighted by Gasteiger charge is -2.32. The van der Waals surface area contributed by atoms with Gasteiger partial charge < -0.3 is 18.6 Å². The van der Waals surface area contributed by atoms with Crippen molar-refractivity contribution in [2.45, 2.75) is 58.8 Å². The fraction of sp³-hybridized carbons (Fsp3) is 0.148. The van der Waals surface area contributed by atoms with E-state index in [9.17, 15) is 0 Å². The van der Waals surface area contributed by atoms with Crippen molar-refractivity contribution in [2.24, 2.45) is 0 Å². The van der Waals surface area contributed by atoms with Crippen LogP contribution in [0.3, 0.4) is 0 Å². The minimum Gasteiger partial charge on any atom is -0.454 e. The minimum absolute atomic E-state index is 0.0639. The monoisotopic (exact) mass is 842 g/mol. The van der Waals surface area contributed by atoms with Gasteiger partial charge in [-0.3, -0.25) is 0 Å². The van der Waals surface area contributed by atoms with E-state index in [1.807, 2.05) is 0 Å². The van der Waals surface area contributed by atoms with Crippen LogP contribution in [0.25, 0.3) is 76.2 Å². The molecule has 12 aromatic rings. The van der Waals surface area contributed by atoms with E-state index < -0.39 is 0 Å². The predicted octanol–water partition coefficient (Wildman–Crippen LogP) is 18.3. The molecule has 0 N–H and O–H groups in total. The van der Waals surface area contributed by atoms with Crippen LogP contribution in [0.2, 0.25) is 0 Å². The number of anilines is 6. The molecule has 0 unspecified atom stereocenters. The Kier molecular flexibility index (Phi) is 8.70. The fourth-order valence-corrected chi connectivity index (χ4v) is 10.4. The lowest BCUT2D eigenvalue weighted by molar-refractivity contribution is 0.500. The molecular weight excluding hydrogens is 793 g/mol. The molecule has 0 aliphatic carbocycles. The third-order valence-corrected chi connectivity index (χ3v) is 14.0. The van der Waals surface area contributed by atoms with Gasteiger partial charge in [-0.2, -0.15) is 0 Å². The highest BCUT2D eigenvalue weighted by Gasteiger charge is 2.30. The average Bonchev–Trinajstić information content (AvgIpc) is 3.91. The molecule has 2 aromatic heterocycles. The fourth-order valence-electron chi connectivity index (χ4n) is 10.4. The molecule has 316 valence electrons. The first-order valence-corrected chi connectivity index (χ1v) is 22.9. The molecule has 0 saturated heterocycles. The maximum absolute atomic E-state index is 7.21. The standard InChI is InChI=1S/C61H50N2O2/c1-7-61(5,6)49-30-16-26-43-45-28-18-32-51(59(45)65-57(43)49)63(41-23-12-9-13-24-41)53-37-52(46-35-33-38-19-14-20-39-34-36-47(53)55(46)54(38)39)62(40-21-10-8-11-22-40)50-31-17-27-44-42-25-15-29-48(60(2,3)4)56(42)64-58(44)50/h8-37H,7H2,1-6H3. The molecule has 2 heterocycles. The zero-order chi connectivity index (χ0) is 44.2. The highest BCUT2D eigenvalue weighted by Crippen LogP contribution is 2.53. The number of hydrogen-bond acceptors (Lipinski definition) is 4. The van der Waals surface area contributed by atoms with Gasteiger partial charge in [0.1, 0.15) is 11.2 Å². The zero-order valence-corrected chi connectivity index (χ0v) is 37.7. The van der Waals surface area contributed by atoms with Crippen molar-refractivity contribution in [1.82, 2.24) is 0 Å². The third-order valence-electron chi connectivity index (χ3n) is 14.0. The van der Waals surface area contributed by atoms with Crippen molar-refractivity contribution in [3.05, 3.63) is 193 Å². The van der Waals surface area contributed by atoms with Crippen molar-refractivity contribution in [3.63, 3.8) is 0 Å². The highest BCUT2D eigenvalue weighted by molar-refractivity contribution is 6.29. The van der Waals surface area contributed by atoms with E-state index in [0.717, 1.165) is 95.2 Å². The molecule has 4 nitrogen and oxygen atoms in total. The van der Waals surface area contributed by atoms with Crippen molar-refractivity contribution in [3.8, 4) is 0 Å². The first-order valence-electron chi connectivity index (χ1n) is 22.9. The second-order valence-corrected chi connectivity index (χ2v) is 19.3. The Bertz CT molecular complexity index is 3760. The van der Waals surface area contributed by atoms with Gasteiger partial charge in [0.25, 0.3) is 0 Å². The first-order chi connectivity index (χ1) is 31.6. The Balaban J connectivity index is 1.22. The van der Waals surface area contributed by atoms with Crippen LogP contribution in [0.5, 0.6) is 0 Å². The van der Waals surface area contributed by atoms with Gasteiger partial charge in [-0.15, -0.1) is 0 Å². The van der Waals surface area contributed by atoms with Gasteiger partial charge in [-0.05, 0) is 75.9 Å². The third kappa shape index (κ3) is 5.97. The summed E-state index contributed by atoms with van der Waals surface area (Å²) < 4.78 is 14.4. The van der Waals surface area contributed by atoms with Crippen LogP contribution >= 0.6 is 0 Å². The Morgan fingerprint density at radius 1 is 0.369 bits per heavy atom. The second-order valence-electron chi connectivity index (χ2n) is 19.3. The molecule has 0 amide bonds. The van der Waals surface area contributed by atoms with Gasteiger partial charge in [-0.1, -0.05) is 181 Å². The van der Waals surface area contributed by atoms with E-state index in [4.69, 9.17) is 8.83 Å². The number of fused-ring (bicyclic) bond motifs is 6. The summed E-state index contributed by atoms with van der Waals surface area (Å²) in [6, 6.07) is 66.2. The second kappa shape index (κ2) is 14.5. The molecule has 65 heavy (non-hydrogen) atoms. The zero-order valence-electron chi connectivity index (χ0n) is 37.7. The van der Waals surface area contributed by atoms with Gasteiger partial charge in [-0.25, -0.2) is 0 Å². The van der Waals surface area contributed by atoms with Crippen molar-refractivity contribution >= 4 is 110 Å². The molecule has 4 heteroatoms. The van der Waals surface area contributed by atoms with Crippen LogP contribution < -0.4 is 9.80 Å². The number of nitrogens with zero attached hydrogens (tertiary/aromatic N) is 2. The van der Waals surface area contributed by atoms with Crippen molar-refractivity contribution in [2.75, 3.05) is 9.80 Å². The SMILES string of the molecule is CCC(C)(C)c1cccc2c1oc1c(N(c3ccccc3)c3cc(N(c4ccccc4)c4cccc5c4oc4c(C(C)(C)C)cccc45)c4ccc5cccc6ccc3c4c56)cccc12. The molecule has 0 atom stereocenters. The van der Waals surface area contributed by atoms with Crippen LogP contribution in [0.15, 0.2) is 191 Å². The molecule has 0 radical (unpaired) electrons. The molecule has 0 fully saturated rings. The summed E-state index contributed by atoms with van der Waals surface area (Å²) in [6.07, 6.45) is 0.995. The largest absolute Gasteiger partial charge is 0.454 e. The number of benzene rings is 10. The van der Waals surface area contributed by atoms with Gasteiger partial charge in [0.05, 0.1) is 22.7 Å². The summed E-state index contributed by atoms with van der Waals surface area (Å²) in [5.41, 5.74) is 12.0. The quantitative estimate of drug-likeness (QED) is 0.143. The molecule has 0 spiro atoms. The summed E-state index contributed by atoms with van der Waals surface area (Å²) in [4.78, 5) is 4.84. The lowest BCUT2D eigenvalue weighted by atomic mass is 9.81. The molecule has 0 aliphatic heterocycles. The molecule has 0 saturated carbocycles. The molecule has 0 bridgehead atoms. The number of hydrogen-bond donors (Lipinski definition) is 0. The van der Waals surface area contributed by atoms with Crippen LogP contribution in [0, 0.1) is 0 Å². The summed E-state index contributed by atoms with van der Waals surface area (Å²) >= 11 is 0. The first kappa shape index (κ1) is 39.1. The van der Waals surface area contributed by atoms with Crippen LogP contribution in [0.4, 0.5) is 34.1 Å². The van der Waals surface area contributed by atoms with E-state index >= 15 is 0 Å². The van der Waals surface area contributed by atoms with E-state index in [1.54, 1.807) is 0 Å². The van der Waals surface area contributed by atoms with Gasteiger partial charge in [0.2, 0.25) is 0 Å². The maximum Gasteiger partial charge on any atom is 0.159 e. The van der Waals surface area contributed by atoms with E-state index in [2.05, 4.69) is 233 Å². The summed E-state index contributed by atoms with van der Waals surface area (Å²) in [5.74, 6) is 0. The number of para-hydroxylation sites is 6. The molecule has 12 rings (SSSR count). The summed E-state index contributed by atoms with van der Waals surface area (Å²) in [6.45, 7) is 13.7. The smallest absolute Gasteiger partial charge is 0.159 e. The van der Waals surface area contributed by atoms with Crippen LogP contribution in [-0.2, 0) is 10.8 Å². The molecule has 0 aliphatic rings. The maximum atomic E-state index is 7.21. The van der Waals surface area contributed by atoms with E-state index in [1.165, 1.54) is 32.7 Å². The van der Waals surface area contributed by atoms with Gasteiger partial charge >= 0.3 is 0 Å². The Morgan fingerprint density at radius 2 is 0.800 bits per heavy atom. The van der Waals surface area contributed by atoms with Gasteiger partial charge in [0.15, 0.2) is 11.2 Å². The van der Waals surface area contributed by atoms with E-state index in [0.29, 0.717) is 0 Å². The predicted molar refractivity (Wildman–Crippen MR) is 276 cm³/mol. The average molecular weight is 843 g/mol. The van der Waals surface area contributed by atoms with Crippen LogP contribution in [0.1, 0.15) is 59.1 Å². The normalized spacial score (nSPS) is 12.5. The molecular formula is C61H50N2O2. The lowest BCUT2D eigenvalue weighted by Crippen LogP contribution is -2.15. The molecule has 10 aromatic carbocycles. The Labute approximate surface area is 379 Å². The van der Waals surface area contributed by atoms with E-state index in [-0.39, 0.29) is 10.8 Å². The summed E-state index contributed by atoms with van der Waals surface area (Å²) in [5, 5.41) is 11.6.